The van der Waals surface area contributed by atoms with Crippen molar-refractivity contribution >= 4 is 12.1 Å². The second kappa shape index (κ2) is 33.1. The molecule has 0 bridgehead atoms. The molecule has 0 aromatic carbocycles. The van der Waals surface area contributed by atoms with Gasteiger partial charge in [0.1, 0.15) is 0 Å². The van der Waals surface area contributed by atoms with Crippen LogP contribution in [0.15, 0.2) is 0 Å². The molecule has 3 unspecified atom stereocenters. The van der Waals surface area contributed by atoms with Crippen molar-refractivity contribution in [3.8, 4) is 0 Å². The van der Waals surface area contributed by atoms with Gasteiger partial charge in [-0.15, -0.1) is 0 Å². The summed E-state index contributed by atoms with van der Waals surface area (Å²) in [7, 11) is 0. The van der Waals surface area contributed by atoms with E-state index >= 15 is 0 Å². The van der Waals surface area contributed by atoms with Gasteiger partial charge in [0.05, 0.1) is 19.1 Å². The fourth-order valence-electron chi connectivity index (χ4n) is 6.44. The van der Waals surface area contributed by atoms with Crippen LogP contribution in [-0.2, 0) is 14.3 Å². The standard InChI is InChI=1S/C39H76O5/c1-5-9-13-16-17-22-29-36(28-20-14-10-6-2)34-44-39(42)43-33-24-19-18-21-27-35(26-12-8-4)30-25-32-37(38(40)41)31-23-15-11-7-3/h35-37H,5-34H2,1-4H3,(H,40,41). The molecule has 262 valence electrons. The van der Waals surface area contributed by atoms with Crippen molar-refractivity contribution in [1.82, 2.24) is 0 Å². The molecule has 0 radical (unpaired) electrons. The Balaban J connectivity index is 4.18. The van der Waals surface area contributed by atoms with Crippen molar-refractivity contribution < 1.29 is 24.2 Å². The van der Waals surface area contributed by atoms with Crippen LogP contribution in [0.1, 0.15) is 207 Å². The van der Waals surface area contributed by atoms with Gasteiger partial charge in [-0.25, -0.2) is 4.79 Å². The quantitative estimate of drug-likeness (QED) is 0.0569. The molecule has 44 heavy (non-hydrogen) atoms. The van der Waals surface area contributed by atoms with E-state index in [1.807, 2.05) is 0 Å². The Morgan fingerprint density at radius 1 is 0.455 bits per heavy atom. The molecular weight excluding hydrogens is 548 g/mol. The maximum Gasteiger partial charge on any atom is 0.508 e. The molecule has 0 saturated heterocycles. The minimum atomic E-state index is -0.604. The van der Waals surface area contributed by atoms with Gasteiger partial charge in [0.15, 0.2) is 0 Å². The SMILES string of the molecule is CCCCCCCCC(CCCCCC)COC(=O)OCCCCCCC(CCCC)CCCC(CCCCCC)C(=O)O. The molecule has 0 aliphatic rings. The van der Waals surface area contributed by atoms with Crippen LogP contribution in [0.5, 0.6) is 0 Å². The van der Waals surface area contributed by atoms with Gasteiger partial charge in [-0.2, -0.15) is 0 Å². The molecule has 0 aromatic heterocycles. The number of hydrogen-bond donors (Lipinski definition) is 1. The normalized spacial score (nSPS) is 13.5. The summed E-state index contributed by atoms with van der Waals surface area (Å²) in [5.41, 5.74) is 0. The van der Waals surface area contributed by atoms with E-state index in [2.05, 4.69) is 27.7 Å². The van der Waals surface area contributed by atoms with Gasteiger partial charge >= 0.3 is 12.1 Å². The number of carbonyl (C=O) groups is 2. The third-order valence-electron chi connectivity index (χ3n) is 9.48. The maximum atomic E-state index is 12.2. The zero-order valence-corrected chi connectivity index (χ0v) is 30.0. The summed E-state index contributed by atoms with van der Waals surface area (Å²) in [6.45, 7) is 9.90. The van der Waals surface area contributed by atoms with E-state index in [0.29, 0.717) is 25.0 Å². The number of hydrogen-bond acceptors (Lipinski definition) is 4. The van der Waals surface area contributed by atoms with Crippen LogP contribution in [0.3, 0.4) is 0 Å². The van der Waals surface area contributed by atoms with Gasteiger partial charge < -0.3 is 14.6 Å². The van der Waals surface area contributed by atoms with E-state index < -0.39 is 12.1 Å². The molecule has 0 saturated carbocycles. The Morgan fingerprint density at radius 3 is 1.43 bits per heavy atom. The topological polar surface area (TPSA) is 72.8 Å². The highest BCUT2D eigenvalue weighted by Gasteiger charge is 2.18. The summed E-state index contributed by atoms with van der Waals surface area (Å²) in [6, 6.07) is 0. The number of aliphatic carboxylic acids is 1. The van der Waals surface area contributed by atoms with Crippen LogP contribution >= 0.6 is 0 Å². The van der Waals surface area contributed by atoms with Crippen molar-refractivity contribution in [2.24, 2.45) is 17.8 Å². The van der Waals surface area contributed by atoms with Crippen molar-refractivity contribution in [3.05, 3.63) is 0 Å². The highest BCUT2D eigenvalue weighted by Crippen LogP contribution is 2.26. The lowest BCUT2D eigenvalue weighted by molar-refractivity contribution is -0.142. The molecule has 0 fully saturated rings. The molecule has 1 N–H and O–H groups in total. The van der Waals surface area contributed by atoms with Gasteiger partial charge in [-0.1, -0.05) is 175 Å². The minimum Gasteiger partial charge on any atom is -0.481 e. The van der Waals surface area contributed by atoms with E-state index in [1.165, 1.54) is 109 Å². The van der Waals surface area contributed by atoms with Gasteiger partial charge in [0.25, 0.3) is 0 Å². The van der Waals surface area contributed by atoms with E-state index in [0.717, 1.165) is 70.6 Å². The predicted octanol–water partition coefficient (Wildman–Crippen LogP) is 13.1. The van der Waals surface area contributed by atoms with Crippen LogP contribution in [0.2, 0.25) is 0 Å². The average Bonchev–Trinajstić information content (AvgIpc) is 3.01. The molecule has 3 atom stereocenters. The molecule has 0 aliphatic heterocycles. The zero-order chi connectivity index (χ0) is 32.5. The number of ether oxygens (including phenoxy) is 2. The molecule has 0 aliphatic carbocycles. The summed E-state index contributed by atoms with van der Waals surface area (Å²) in [4.78, 5) is 24.0. The summed E-state index contributed by atoms with van der Waals surface area (Å²) in [5.74, 6) is 0.407. The van der Waals surface area contributed by atoms with E-state index in [4.69, 9.17) is 9.47 Å². The summed E-state index contributed by atoms with van der Waals surface area (Å²) >= 11 is 0. The first kappa shape index (κ1) is 42.7. The van der Waals surface area contributed by atoms with Crippen molar-refractivity contribution in [3.63, 3.8) is 0 Å². The molecule has 5 nitrogen and oxygen atoms in total. The Hall–Kier alpha value is -1.26. The number of carboxylic acid groups (broad SMARTS) is 1. The summed E-state index contributed by atoms with van der Waals surface area (Å²) < 4.78 is 11.0. The number of unbranched alkanes of at least 4 members (excludes halogenated alkanes) is 15. The fraction of sp³-hybridized carbons (Fsp3) is 0.949. The Morgan fingerprint density at radius 2 is 0.864 bits per heavy atom. The minimum absolute atomic E-state index is 0.164. The second-order valence-corrected chi connectivity index (χ2v) is 13.7. The van der Waals surface area contributed by atoms with E-state index in [-0.39, 0.29) is 5.92 Å². The smallest absolute Gasteiger partial charge is 0.481 e. The van der Waals surface area contributed by atoms with E-state index in [9.17, 15) is 14.7 Å². The molecule has 0 rings (SSSR count). The zero-order valence-electron chi connectivity index (χ0n) is 30.0. The van der Waals surface area contributed by atoms with Gasteiger partial charge in [-0.05, 0) is 43.9 Å². The fourth-order valence-corrected chi connectivity index (χ4v) is 6.44. The Labute approximate surface area is 274 Å². The lowest BCUT2D eigenvalue weighted by Gasteiger charge is -2.18. The second-order valence-electron chi connectivity index (χ2n) is 13.7. The number of rotatable bonds is 34. The maximum absolute atomic E-state index is 12.2. The van der Waals surface area contributed by atoms with Gasteiger partial charge in [0, 0.05) is 0 Å². The molecule has 0 aromatic rings. The van der Waals surface area contributed by atoms with Crippen LogP contribution in [0, 0.1) is 17.8 Å². The molecule has 0 amide bonds. The first-order chi connectivity index (χ1) is 21.5. The highest BCUT2D eigenvalue weighted by molar-refractivity contribution is 5.69. The molecule has 0 spiro atoms. The lowest BCUT2D eigenvalue weighted by atomic mass is 9.88. The molecular formula is C39H76O5. The Kier molecular flexibility index (Phi) is 32.2. The van der Waals surface area contributed by atoms with Gasteiger partial charge in [0.2, 0.25) is 0 Å². The summed E-state index contributed by atoms with van der Waals surface area (Å²) in [5, 5.41) is 9.64. The van der Waals surface area contributed by atoms with Crippen LogP contribution < -0.4 is 0 Å². The number of carboxylic acids is 1. The first-order valence-electron chi connectivity index (χ1n) is 19.5. The van der Waals surface area contributed by atoms with Crippen molar-refractivity contribution in [2.45, 2.75) is 207 Å². The van der Waals surface area contributed by atoms with Crippen LogP contribution in [0.4, 0.5) is 4.79 Å². The predicted molar refractivity (Wildman–Crippen MR) is 187 cm³/mol. The largest absolute Gasteiger partial charge is 0.508 e. The molecule has 0 heterocycles. The van der Waals surface area contributed by atoms with E-state index in [1.54, 1.807) is 0 Å². The lowest BCUT2D eigenvalue weighted by Crippen LogP contribution is -2.16. The average molecular weight is 625 g/mol. The summed E-state index contributed by atoms with van der Waals surface area (Å²) in [6.07, 6.45) is 32.5. The van der Waals surface area contributed by atoms with Crippen LogP contribution in [0.25, 0.3) is 0 Å². The third-order valence-corrected chi connectivity index (χ3v) is 9.48. The van der Waals surface area contributed by atoms with Crippen molar-refractivity contribution in [1.29, 1.82) is 0 Å². The molecule has 5 heteroatoms. The van der Waals surface area contributed by atoms with Crippen LogP contribution in [-0.4, -0.2) is 30.4 Å². The number of carbonyl (C=O) groups excluding carboxylic acids is 1. The first-order valence-corrected chi connectivity index (χ1v) is 19.5. The third kappa shape index (κ3) is 28.2. The monoisotopic (exact) mass is 625 g/mol. The Bertz CT molecular complexity index is 622. The van der Waals surface area contributed by atoms with Gasteiger partial charge in [-0.3, -0.25) is 4.79 Å². The highest BCUT2D eigenvalue weighted by atomic mass is 16.7. The van der Waals surface area contributed by atoms with Crippen molar-refractivity contribution in [2.75, 3.05) is 13.2 Å².